The van der Waals surface area contributed by atoms with Crippen LogP contribution in [0.1, 0.15) is 10.4 Å². The van der Waals surface area contributed by atoms with Crippen LogP contribution in [0.25, 0.3) is 0 Å². The first-order valence-corrected chi connectivity index (χ1v) is 3.04. The van der Waals surface area contributed by atoms with Gasteiger partial charge in [-0.1, -0.05) is 0 Å². The van der Waals surface area contributed by atoms with Crippen molar-refractivity contribution in [3.63, 3.8) is 0 Å². The van der Waals surface area contributed by atoms with Crippen molar-refractivity contribution in [3.8, 4) is 0 Å². The van der Waals surface area contributed by atoms with Gasteiger partial charge in [-0.05, 0) is 22.0 Å². The van der Waals surface area contributed by atoms with Crippen LogP contribution in [0, 0.1) is 0 Å². The van der Waals surface area contributed by atoms with Crippen molar-refractivity contribution in [1.29, 1.82) is 0 Å². The van der Waals surface area contributed by atoms with E-state index in [4.69, 9.17) is 10.2 Å². The molecule has 0 aliphatic carbocycles. The van der Waals surface area contributed by atoms with E-state index < -0.39 is 5.91 Å². The second kappa shape index (κ2) is 2.23. The van der Waals surface area contributed by atoms with Crippen molar-refractivity contribution in [2.45, 2.75) is 0 Å². The van der Waals surface area contributed by atoms with Gasteiger partial charge < -0.3 is 10.2 Å². The largest absolute Gasteiger partial charge is 0.457 e. The Balaban J connectivity index is 3.08. The number of amides is 1. The van der Waals surface area contributed by atoms with E-state index in [0.717, 1.165) is 0 Å². The van der Waals surface area contributed by atoms with Crippen molar-refractivity contribution in [3.05, 3.63) is 22.6 Å². The molecule has 0 aliphatic rings. The van der Waals surface area contributed by atoms with Gasteiger partial charge in [0, 0.05) is 0 Å². The molecule has 1 amide bonds. The third-order valence-electron chi connectivity index (χ3n) is 0.883. The van der Waals surface area contributed by atoms with Crippen LogP contribution in [0.4, 0.5) is 0 Å². The van der Waals surface area contributed by atoms with Crippen molar-refractivity contribution in [1.82, 2.24) is 0 Å². The fourth-order valence-corrected chi connectivity index (χ4v) is 0.905. The molecule has 9 heavy (non-hydrogen) atoms. The van der Waals surface area contributed by atoms with E-state index in [1.54, 1.807) is 0 Å². The summed E-state index contributed by atoms with van der Waals surface area (Å²) in [4.78, 5) is 10.4. The summed E-state index contributed by atoms with van der Waals surface area (Å²) in [6, 6.07) is 1.51. The lowest BCUT2D eigenvalue weighted by atomic mass is 10.3. The zero-order valence-electron chi connectivity index (χ0n) is 4.43. The fourth-order valence-electron chi connectivity index (χ4n) is 0.470. The van der Waals surface area contributed by atoms with E-state index in [2.05, 4.69) is 15.9 Å². The summed E-state index contributed by atoms with van der Waals surface area (Å²) in [5.41, 5.74) is 5.30. The molecular formula is C5H4BrNO2. The van der Waals surface area contributed by atoms with Crippen LogP contribution in [0.5, 0.6) is 0 Å². The highest BCUT2D eigenvalue weighted by Crippen LogP contribution is 2.15. The standard InChI is InChI=1S/C5H4BrNO2/c6-4-3(5(7)8)1-2-9-4/h1-2H,(H2,7,8). The summed E-state index contributed by atoms with van der Waals surface area (Å²) < 4.78 is 5.13. The van der Waals surface area contributed by atoms with Gasteiger partial charge in [0.2, 0.25) is 0 Å². The zero-order valence-corrected chi connectivity index (χ0v) is 6.01. The molecule has 0 fully saturated rings. The molecule has 1 aromatic rings. The van der Waals surface area contributed by atoms with Crippen LogP contribution < -0.4 is 5.73 Å². The molecule has 0 radical (unpaired) electrons. The monoisotopic (exact) mass is 189 g/mol. The van der Waals surface area contributed by atoms with E-state index in [9.17, 15) is 4.79 Å². The Labute approximate surface area is 60.0 Å². The second-order valence-electron chi connectivity index (χ2n) is 1.47. The average molecular weight is 190 g/mol. The van der Waals surface area contributed by atoms with E-state index in [1.165, 1.54) is 12.3 Å². The molecule has 0 saturated heterocycles. The van der Waals surface area contributed by atoms with Crippen LogP contribution in [-0.2, 0) is 0 Å². The molecule has 48 valence electrons. The molecule has 0 atom stereocenters. The van der Waals surface area contributed by atoms with Gasteiger partial charge in [-0.3, -0.25) is 4.79 Å². The molecule has 1 heterocycles. The quantitative estimate of drug-likeness (QED) is 0.721. The van der Waals surface area contributed by atoms with Crippen LogP contribution in [-0.4, -0.2) is 5.91 Å². The molecule has 0 saturated carbocycles. The van der Waals surface area contributed by atoms with Crippen LogP contribution in [0.2, 0.25) is 0 Å². The number of hydrogen-bond acceptors (Lipinski definition) is 2. The predicted octanol–water partition coefficient (Wildman–Crippen LogP) is 1.14. The van der Waals surface area contributed by atoms with Crippen LogP contribution in [0.15, 0.2) is 21.4 Å². The SMILES string of the molecule is NC(=O)c1ccoc1Br. The molecule has 0 aliphatic heterocycles. The topological polar surface area (TPSA) is 56.2 Å². The average Bonchev–Trinajstić information content (AvgIpc) is 2.13. The van der Waals surface area contributed by atoms with Gasteiger partial charge in [-0.25, -0.2) is 0 Å². The van der Waals surface area contributed by atoms with Crippen molar-refractivity contribution < 1.29 is 9.21 Å². The lowest BCUT2D eigenvalue weighted by Crippen LogP contribution is -2.09. The van der Waals surface area contributed by atoms with Crippen molar-refractivity contribution >= 4 is 21.8 Å². The Kier molecular flexibility index (Phi) is 1.57. The number of primary amides is 1. The minimum atomic E-state index is -0.490. The van der Waals surface area contributed by atoms with Gasteiger partial charge in [0.05, 0.1) is 11.8 Å². The summed E-state index contributed by atoms with van der Waals surface area (Å²) in [5, 5.41) is 0. The molecule has 0 bridgehead atoms. The summed E-state index contributed by atoms with van der Waals surface area (Å²) >= 11 is 3.00. The van der Waals surface area contributed by atoms with Gasteiger partial charge in [0.25, 0.3) is 5.91 Å². The number of nitrogens with two attached hydrogens (primary N) is 1. The number of furan rings is 1. The number of carbonyl (C=O) groups is 1. The van der Waals surface area contributed by atoms with Gasteiger partial charge in [-0.15, -0.1) is 0 Å². The molecule has 1 aromatic heterocycles. The maximum atomic E-state index is 10.4. The molecule has 2 N–H and O–H groups in total. The molecule has 0 spiro atoms. The van der Waals surface area contributed by atoms with E-state index in [1.807, 2.05) is 0 Å². The van der Waals surface area contributed by atoms with Gasteiger partial charge in [-0.2, -0.15) is 0 Å². The Hall–Kier alpha value is -0.770. The normalized spacial score (nSPS) is 9.44. The van der Waals surface area contributed by atoms with E-state index in [-0.39, 0.29) is 0 Å². The highest BCUT2D eigenvalue weighted by molar-refractivity contribution is 9.10. The molecule has 3 nitrogen and oxygen atoms in total. The minimum Gasteiger partial charge on any atom is -0.457 e. The zero-order chi connectivity index (χ0) is 6.85. The molecule has 0 aromatic carbocycles. The molecule has 0 unspecified atom stereocenters. The Morgan fingerprint density at radius 3 is 2.67 bits per heavy atom. The molecule has 1 rings (SSSR count). The third kappa shape index (κ3) is 1.13. The summed E-state index contributed by atoms with van der Waals surface area (Å²) in [7, 11) is 0. The maximum Gasteiger partial charge on any atom is 0.253 e. The number of hydrogen-bond donors (Lipinski definition) is 1. The molecular weight excluding hydrogens is 186 g/mol. The lowest BCUT2D eigenvalue weighted by molar-refractivity contribution is 0.0998. The Bertz CT molecular complexity index is 231. The summed E-state index contributed by atoms with van der Waals surface area (Å²) in [5.74, 6) is -0.490. The third-order valence-corrected chi connectivity index (χ3v) is 1.50. The van der Waals surface area contributed by atoms with Gasteiger partial charge >= 0.3 is 0 Å². The lowest BCUT2D eigenvalue weighted by Gasteiger charge is -1.84. The predicted molar refractivity (Wildman–Crippen MR) is 34.9 cm³/mol. The number of rotatable bonds is 1. The summed E-state index contributed by atoms with van der Waals surface area (Å²) in [6.45, 7) is 0. The van der Waals surface area contributed by atoms with Crippen molar-refractivity contribution in [2.75, 3.05) is 0 Å². The first-order chi connectivity index (χ1) is 4.22. The summed E-state index contributed by atoms with van der Waals surface area (Å²) in [6.07, 6.45) is 1.39. The number of halogens is 1. The van der Waals surface area contributed by atoms with Crippen LogP contribution in [0.3, 0.4) is 0 Å². The Morgan fingerprint density at radius 2 is 2.44 bits per heavy atom. The van der Waals surface area contributed by atoms with Gasteiger partial charge in [0.15, 0.2) is 4.67 Å². The highest BCUT2D eigenvalue weighted by Gasteiger charge is 2.06. The van der Waals surface area contributed by atoms with E-state index in [0.29, 0.717) is 10.2 Å². The second-order valence-corrected chi connectivity index (χ2v) is 2.19. The highest BCUT2D eigenvalue weighted by atomic mass is 79.9. The minimum absolute atomic E-state index is 0.370. The first-order valence-electron chi connectivity index (χ1n) is 2.24. The number of carbonyl (C=O) groups excluding carboxylic acids is 1. The fraction of sp³-hybridized carbons (Fsp3) is 0. The van der Waals surface area contributed by atoms with Gasteiger partial charge in [0.1, 0.15) is 0 Å². The smallest absolute Gasteiger partial charge is 0.253 e. The van der Waals surface area contributed by atoms with Crippen molar-refractivity contribution in [2.24, 2.45) is 5.73 Å². The first kappa shape index (κ1) is 6.35. The van der Waals surface area contributed by atoms with Crippen LogP contribution >= 0.6 is 15.9 Å². The molecule has 4 heteroatoms. The Morgan fingerprint density at radius 1 is 1.78 bits per heavy atom. The maximum absolute atomic E-state index is 10.4. The van der Waals surface area contributed by atoms with E-state index >= 15 is 0 Å².